The molecule has 1 rings (SSSR count). The van der Waals surface area contributed by atoms with Crippen molar-refractivity contribution in [3.63, 3.8) is 0 Å². The number of hydrogen-bond donors (Lipinski definition) is 1. The van der Waals surface area contributed by atoms with Gasteiger partial charge in [0.05, 0.1) is 6.10 Å². The molecule has 0 heterocycles. The van der Waals surface area contributed by atoms with Gasteiger partial charge in [0.15, 0.2) is 0 Å². The molecule has 0 amide bonds. The van der Waals surface area contributed by atoms with Gasteiger partial charge in [-0.15, -0.1) is 0 Å². The third-order valence-electron chi connectivity index (χ3n) is 3.76. The number of hydrogen-bond acceptors (Lipinski definition) is 2. The molecule has 2 nitrogen and oxygen atoms in total. The average Bonchev–Trinajstić information content (AvgIpc) is 2.20. The molecule has 0 aromatic rings. The zero-order chi connectivity index (χ0) is 12.7. The molecule has 0 spiro atoms. The summed E-state index contributed by atoms with van der Waals surface area (Å²) in [7, 11) is 2.08. The van der Waals surface area contributed by atoms with Gasteiger partial charge in [-0.1, -0.05) is 46.5 Å². The summed E-state index contributed by atoms with van der Waals surface area (Å²) in [6, 6.07) is 0.565. The SMILES string of the molecule is CNC1CCCCCCC1OCCC(C)(C)C. The summed E-state index contributed by atoms with van der Waals surface area (Å²) in [4.78, 5) is 0. The lowest BCUT2D eigenvalue weighted by atomic mass is 9.92. The van der Waals surface area contributed by atoms with E-state index >= 15 is 0 Å². The van der Waals surface area contributed by atoms with Crippen molar-refractivity contribution in [3.8, 4) is 0 Å². The summed E-state index contributed by atoms with van der Waals surface area (Å²) >= 11 is 0. The first-order valence-corrected chi connectivity index (χ1v) is 7.32. The van der Waals surface area contributed by atoms with E-state index < -0.39 is 0 Å². The van der Waals surface area contributed by atoms with Crippen LogP contribution in [0.2, 0.25) is 0 Å². The van der Waals surface area contributed by atoms with Crippen molar-refractivity contribution in [3.05, 3.63) is 0 Å². The minimum absolute atomic E-state index is 0.386. The van der Waals surface area contributed by atoms with Gasteiger partial charge in [0.1, 0.15) is 0 Å². The number of rotatable bonds is 4. The Balaban J connectivity index is 2.35. The van der Waals surface area contributed by atoms with Crippen molar-refractivity contribution < 1.29 is 4.74 Å². The molecule has 0 aliphatic heterocycles. The van der Waals surface area contributed by atoms with Gasteiger partial charge < -0.3 is 10.1 Å². The lowest BCUT2D eigenvalue weighted by Gasteiger charge is -2.30. The zero-order valence-corrected chi connectivity index (χ0v) is 12.2. The fourth-order valence-corrected chi connectivity index (χ4v) is 2.50. The molecule has 0 radical (unpaired) electrons. The van der Waals surface area contributed by atoms with Gasteiger partial charge in [0, 0.05) is 12.6 Å². The molecule has 1 fully saturated rings. The molecule has 2 heteroatoms. The van der Waals surface area contributed by atoms with E-state index in [1.54, 1.807) is 0 Å². The normalized spacial score (nSPS) is 27.5. The van der Waals surface area contributed by atoms with Crippen LogP contribution in [0.15, 0.2) is 0 Å². The quantitative estimate of drug-likeness (QED) is 0.809. The second-order valence-electron chi connectivity index (χ2n) is 6.61. The topological polar surface area (TPSA) is 21.3 Å². The standard InChI is InChI=1S/C15H31NO/c1-15(2,3)11-12-17-14-10-8-6-5-7-9-13(14)16-4/h13-14,16H,5-12H2,1-4H3. The van der Waals surface area contributed by atoms with Crippen LogP contribution in [0.25, 0.3) is 0 Å². The zero-order valence-electron chi connectivity index (χ0n) is 12.2. The molecule has 1 saturated carbocycles. The maximum atomic E-state index is 6.14. The largest absolute Gasteiger partial charge is 0.377 e. The molecular weight excluding hydrogens is 210 g/mol. The van der Waals surface area contributed by atoms with Crippen LogP contribution in [0.4, 0.5) is 0 Å². The van der Waals surface area contributed by atoms with E-state index in [9.17, 15) is 0 Å². The summed E-state index contributed by atoms with van der Waals surface area (Å²) in [5.41, 5.74) is 0.386. The van der Waals surface area contributed by atoms with E-state index in [0.717, 1.165) is 13.0 Å². The lowest BCUT2D eigenvalue weighted by Crippen LogP contribution is -2.40. The molecule has 0 aromatic heterocycles. The molecule has 2 atom stereocenters. The maximum Gasteiger partial charge on any atom is 0.0727 e. The lowest BCUT2D eigenvalue weighted by molar-refractivity contribution is 0.00403. The molecular formula is C15H31NO. The minimum Gasteiger partial charge on any atom is -0.377 e. The van der Waals surface area contributed by atoms with Crippen LogP contribution < -0.4 is 5.32 Å². The Morgan fingerprint density at radius 1 is 1.06 bits per heavy atom. The predicted octanol–water partition coefficient (Wildman–Crippen LogP) is 3.75. The summed E-state index contributed by atoms with van der Waals surface area (Å²) < 4.78 is 6.14. The highest BCUT2D eigenvalue weighted by Crippen LogP contribution is 2.23. The van der Waals surface area contributed by atoms with Crippen LogP contribution in [0.5, 0.6) is 0 Å². The maximum absolute atomic E-state index is 6.14. The first kappa shape index (κ1) is 15.0. The van der Waals surface area contributed by atoms with Crippen LogP contribution >= 0.6 is 0 Å². The Hall–Kier alpha value is -0.0800. The van der Waals surface area contributed by atoms with Gasteiger partial charge >= 0.3 is 0 Å². The fourth-order valence-electron chi connectivity index (χ4n) is 2.50. The van der Waals surface area contributed by atoms with Gasteiger partial charge in [0.25, 0.3) is 0 Å². The van der Waals surface area contributed by atoms with Crippen LogP contribution in [0.1, 0.15) is 65.7 Å². The van der Waals surface area contributed by atoms with Crippen molar-refractivity contribution in [2.75, 3.05) is 13.7 Å². The Bertz CT molecular complexity index is 198. The highest BCUT2D eigenvalue weighted by Gasteiger charge is 2.22. The Labute approximate surface area is 108 Å². The van der Waals surface area contributed by atoms with Crippen LogP contribution in [-0.4, -0.2) is 25.8 Å². The number of likely N-dealkylation sites (N-methyl/N-ethyl adjacent to an activating group) is 1. The van der Waals surface area contributed by atoms with Gasteiger partial charge in [0.2, 0.25) is 0 Å². The van der Waals surface area contributed by atoms with Gasteiger partial charge in [-0.05, 0) is 31.7 Å². The van der Waals surface area contributed by atoms with Crippen LogP contribution in [0, 0.1) is 5.41 Å². The Morgan fingerprint density at radius 2 is 1.71 bits per heavy atom. The molecule has 1 aliphatic carbocycles. The predicted molar refractivity (Wildman–Crippen MR) is 74.4 cm³/mol. The molecule has 0 bridgehead atoms. The Morgan fingerprint density at radius 3 is 2.29 bits per heavy atom. The number of ether oxygens (including phenoxy) is 1. The van der Waals surface area contributed by atoms with Crippen molar-refractivity contribution >= 4 is 0 Å². The highest BCUT2D eigenvalue weighted by atomic mass is 16.5. The van der Waals surface area contributed by atoms with E-state index in [4.69, 9.17) is 4.74 Å². The first-order chi connectivity index (χ1) is 8.03. The monoisotopic (exact) mass is 241 g/mol. The smallest absolute Gasteiger partial charge is 0.0727 e. The second-order valence-corrected chi connectivity index (χ2v) is 6.61. The van der Waals surface area contributed by atoms with Crippen molar-refractivity contribution in [1.29, 1.82) is 0 Å². The summed E-state index contributed by atoms with van der Waals surface area (Å²) in [5.74, 6) is 0. The first-order valence-electron chi connectivity index (χ1n) is 7.32. The molecule has 2 unspecified atom stereocenters. The highest BCUT2D eigenvalue weighted by molar-refractivity contribution is 4.78. The van der Waals surface area contributed by atoms with Gasteiger partial charge in [-0.2, -0.15) is 0 Å². The summed E-state index contributed by atoms with van der Waals surface area (Å²) in [6.45, 7) is 7.75. The third-order valence-corrected chi connectivity index (χ3v) is 3.76. The minimum atomic E-state index is 0.386. The van der Waals surface area contributed by atoms with Crippen molar-refractivity contribution in [2.45, 2.75) is 77.9 Å². The fraction of sp³-hybridized carbons (Fsp3) is 1.00. The van der Waals surface area contributed by atoms with Gasteiger partial charge in [-0.25, -0.2) is 0 Å². The van der Waals surface area contributed by atoms with E-state index in [1.165, 1.54) is 38.5 Å². The second kappa shape index (κ2) is 7.38. The van der Waals surface area contributed by atoms with Crippen molar-refractivity contribution in [2.24, 2.45) is 5.41 Å². The van der Waals surface area contributed by atoms with Crippen LogP contribution in [0.3, 0.4) is 0 Å². The van der Waals surface area contributed by atoms with Crippen molar-refractivity contribution in [1.82, 2.24) is 5.32 Å². The van der Waals surface area contributed by atoms with E-state index in [-0.39, 0.29) is 0 Å². The molecule has 17 heavy (non-hydrogen) atoms. The summed E-state index contributed by atoms with van der Waals surface area (Å²) in [5, 5.41) is 3.44. The Kier molecular flexibility index (Phi) is 6.50. The average molecular weight is 241 g/mol. The third kappa shape index (κ3) is 6.42. The van der Waals surface area contributed by atoms with Gasteiger partial charge in [-0.3, -0.25) is 0 Å². The van der Waals surface area contributed by atoms with E-state index in [1.807, 2.05) is 0 Å². The summed E-state index contributed by atoms with van der Waals surface area (Å²) in [6.07, 6.45) is 9.56. The molecule has 102 valence electrons. The molecule has 0 saturated heterocycles. The molecule has 0 aromatic carbocycles. The molecule has 1 aliphatic rings. The van der Waals surface area contributed by atoms with E-state index in [0.29, 0.717) is 17.6 Å². The molecule has 1 N–H and O–H groups in total. The van der Waals surface area contributed by atoms with E-state index in [2.05, 4.69) is 33.1 Å². The van der Waals surface area contributed by atoms with Crippen LogP contribution in [-0.2, 0) is 4.74 Å². The number of nitrogens with one attached hydrogen (secondary N) is 1.